The molecule has 0 saturated carbocycles. The van der Waals surface area contributed by atoms with E-state index in [1.54, 1.807) is 19.9 Å². The van der Waals surface area contributed by atoms with Gasteiger partial charge in [-0.1, -0.05) is 13.3 Å². The van der Waals surface area contributed by atoms with E-state index in [1.165, 1.54) is 6.07 Å². The Kier molecular flexibility index (Phi) is 5.38. The van der Waals surface area contributed by atoms with Crippen molar-refractivity contribution < 1.29 is 13.2 Å². The molecule has 6 heteroatoms. The average Bonchev–Trinajstić information content (AvgIpc) is 2.31. The molecule has 0 saturated heterocycles. The molecule has 1 rings (SSSR count). The van der Waals surface area contributed by atoms with Crippen molar-refractivity contribution in [1.82, 2.24) is 5.32 Å². The van der Waals surface area contributed by atoms with Crippen molar-refractivity contribution in [2.45, 2.75) is 38.5 Å². The first-order valence-electron chi connectivity index (χ1n) is 6.11. The second-order valence-corrected chi connectivity index (χ2v) is 7.00. The van der Waals surface area contributed by atoms with E-state index in [1.807, 2.05) is 6.92 Å². The van der Waals surface area contributed by atoms with Crippen molar-refractivity contribution in [3.8, 4) is 0 Å². The Hall–Kier alpha value is -1.07. The van der Waals surface area contributed by atoms with Crippen LogP contribution in [0.4, 0.5) is 0 Å². The molecular formula is C13H18ClNO3S. The minimum atomic E-state index is -3.84. The highest BCUT2D eigenvalue weighted by Crippen LogP contribution is 2.24. The number of hydrogen-bond acceptors (Lipinski definition) is 3. The van der Waals surface area contributed by atoms with Gasteiger partial charge in [0.05, 0.1) is 4.90 Å². The standard InChI is InChI=1S/C13H18ClNO3S/c1-4-5-6-15-13(16)11-7-9(2)10(3)12(8-11)19(14,17)18/h7-8H,4-6H2,1-3H3,(H,15,16). The minimum absolute atomic E-state index is 0.00481. The number of amides is 1. The molecule has 0 aliphatic carbocycles. The normalized spacial score (nSPS) is 11.4. The van der Waals surface area contributed by atoms with Gasteiger partial charge in [-0.2, -0.15) is 0 Å². The second-order valence-electron chi connectivity index (χ2n) is 4.46. The van der Waals surface area contributed by atoms with Crippen molar-refractivity contribution in [2.24, 2.45) is 0 Å². The second kappa shape index (κ2) is 6.39. The molecule has 0 aliphatic heterocycles. The van der Waals surface area contributed by atoms with Crippen molar-refractivity contribution in [3.63, 3.8) is 0 Å². The zero-order valence-corrected chi connectivity index (χ0v) is 12.9. The maximum atomic E-state index is 11.9. The predicted molar refractivity (Wildman–Crippen MR) is 76.2 cm³/mol. The van der Waals surface area contributed by atoms with Crippen LogP contribution in [-0.4, -0.2) is 20.9 Å². The zero-order valence-electron chi connectivity index (χ0n) is 11.3. The van der Waals surface area contributed by atoms with Crippen molar-refractivity contribution in [2.75, 3.05) is 6.54 Å². The predicted octanol–water partition coefficient (Wildman–Crippen LogP) is 2.76. The molecule has 0 aromatic heterocycles. The van der Waals surface area contributed by atoms with E-state index in [9.17, 15) is 13.2 Å². The lowest BCUT2D eigenvalue weighted by Crippen LogP contribution is -2.24. The van der Waals surface area contributed by atoms with Crippen LogP contribution < -0.4 is 5.32 Å². The highest BCUT2D eigenvalue weighted by atomic mass is 35.7. The highest BCUT2D eigenvalue weighted by molar-refractivity contribution is 8.13. The summed E-state index contributed by atoms with van der Waals surface area (Å²) in [5.74, 6) is -0.280. The van der Waals surface area contributed by atoms with E-state index in [2.05, 4.69) is 5.32 Å². The Morgan fingerprint density at radius 1 is 1.32 bits per heavy atom. The van der Waals surface area contributed by atoms with E-state index >= 15 is 0 Å². The lowest BCUT2D eigenvalue weighted by atomic mass is 10.1. The van der Waals surface area contributed by atoms with Gasteiger partial charge in [0, 0.05) is 22.8 Å². The van der Waals surface area contributed by atoms with E-state index < -0.39 is 9.05 Å². The Morgan fingerprint density at radius 3 is 2.47 bits per heavy atom. The maximum Gasteiger partial charge on any atom is 0.261 e. The molecular weight excluding hydrogens is 286 g/mol. The number of carbonyl (C=O) groups is 1. The molecule has 1 amide bonds. The van der Waals surface area contributed by atoms with Crippen LogP contribution in [0.5, 0.6) is 0 Å². The summed E-state index contributed by atoms with van der Waals surface area (Å²) in [6.07, 6.45) is 1.87. The third kappa shape index (κ3) is 4.21. The fourth-order valence-electron chi connectivity index (χ4n) is 1.69. The van der Waals surface area contributed by atoms with Gasteiger partial charge in [-0.3, -0.25) is 4.79 Å². The van der Waals surface area contributed by atoms with Gasteiger partial charge < -0.3 is 5.32 Å². The van der Waals surface area contributed by atoms with Crippen LogP contribution in [0.15, 0.2) is 17.0 Å². The smallest absolute Gasteiger partial charge is 0.261 e. The molecule has 0 fully saturated rings. The van der Waals surface area contributed by atoms with Crippen LogP contribution in [0.3, 0.4) is 0 Å². The van der Waals surface area contributed by atoms with Crippen LogP contribution in [0.1, 0.15) is 41.3 Å². The number of nitrogens with one attached hydrogen (secondary N) is 1. The first-order chi connectivity index (χ1) is 8.77. The van der Waals surface area contributed by atoms with Crippen LogP contribution >= 0.6 is 10.7 Å². The lowest BCUT2D eigenvalue weighted by Gasteiger charge is -2.10. The van der Waals surface area contributed by atoms with Crippen LogP contribution in [-0.2, 0) is 9.05 Å². The molecule has 0 bridgehead atoms. The largest absolute Gasteiger partial charge is 0.352 e. The first-order valence-corrected chi connectivity index (χ1v) is 8.42. The summed E-state index contributed by atoms with van der Waals surface area (Å²) in [6, 6.07) is 2.99. The number of carbonyl (C=O) groups excluding carboxylic acids is 1. The van der Waals surface area contributed by atoms with Gasteiger partial charge in [-0.05, 0) is 43.5 Å². The van der Waals surface area contributed by atoms with Gasteiger partial charge >= 0.3 is 0 Å². The summed E-state index contributed by atoms with van der Waals surface area (Å²) < 4.78 is 22.9. The van der Waals surface area contributed by atoms with E-state index in [0.29, 0.717) is 17.7 Å². The number of benzene rings is 1. The van der Waals surface area contributed by atoms with Gasteiger partial charge in [0.2, 0.25) is 0 Å². The molecule has 0 aliphatic rings. The molecule has 4 nitrogen and oxygen atoms in total. The van der Waals surface area contributed by atoms with Crippen LogP contribution in [0.2, 0.25) is 0 Å². The first kappa shape index (κ1) is 16.0. The number of halogens is 1. The van der Waals surface area contributed by atoms with Gasteiger partial charge in [-0.15, -0.1) is 0 Å². The van der Waals surface area contributed by atoms with Gasteiger partial charge in [-0.25, -0.2) is 8.42 Å². The summed E-state index contributed by atoms with van der Waals surface area (Å²) in [5.41, 5.74) is 1.61. The van der Waals surface area contributed by atoms with Crippen molar-refractivity contribution in [1.29, 1.82) is 0 Å². The molecule has 1 aromatic carbocycles. The molecule has 0 unspecified atom stereocenters. The minimum Gasteiger partial charge on any atom is -0.352 e. The molecule has 0 spiro atoms. The molecule has 0 heterocycles. The number of rotatable bonds is 5. The molecule has 1 N–H and O–H groups in total. The SMILES string of the molecule is CCCCNC(=O)c1cc(C)c(C)c(S(=O)(=O)Cl)c1. The van der Waals surface area contributed by atoms with Crippen LogP contribution in [0.25, 0.3) is 0 Å². The monoisotopic (exact) mass is 303 g/mol. The third-order valence-electron chi connectivity index (χ3n) is 2.96. The highest BCUT2D eigenvalue weighted by Gasteiger charge is 2.18. The fraction of sp³-hybridized carbons (Fsp3) is 0.462. The number of hydrogen-bond donors (Lipinski definition) is 1. The van der Waals surface area contributed by atoms with Gasteiger partial charge in [0.15, 0.2) is 0 Å². The average molecular weight is 304 g/mol. The summed E-state index contributed by atoms with van der Waals surface area (Å²) in [6.45, 7) is 6.03. The van der Waals surface area contributed by atoms with Crippen molar-refractivity contribution >= 4 is 25.6 Å². The van der Waals surface area contributed by atoms with Crippen LogP contribution in [0, 0.1) is 13.8 Å². The summed E-state index contributed by atoms with van der Waals surface area (Å²) in [4.78, 5) is 11.9. The summed E-state index contributed by atoms with van der Waals surface area (Å²) in [5, 5.41) is 2.75. The summed E-state index contributed by atoms with van der Waals surface area (Å²) >= 11 is 0. The lowest BCUT2D eigenvalue weighted by molar-refractivity contribution is 0.0953. The fourth-order valence-corrected chi connectivity index (χ4v) is 2.97. The number of unbranched alkanes of at least 4 members (excludes halogenated alkanes) is 1. The third-order valence-corrected chi connectivity index (χ3v) is 4.41. The van der Waals surface area contributed by atoms with E-state index in [4.69, 9.17) is 10.7 Å². The number of aryl methyl sites for hydroxylation is 1. The maximum absolute atomic E-state index is 11.9. The molecule has 19 heavy (non-hydrogen) atoms. The van der Waals surface area contributed by atoms with E-state index in [0.717, 1.165) is 18.4 Å². The van der Waals surface area contributed by atoms with E-state index in [-0.39, 0.29) is 10.8 Å². The Bertz CT molecular complexity index is 582. The summed E-state index contributed by atoms with van der Waals surface area (Å²) in [7, 11) is 1.53. The Balaban J connectivity index is 3.11. The Morgan fingerprint density at radius 2 is 1.95 bits per heavy atom. The Labute approximate surface area is 118 Å². The molecule has 0 atom stereocenters. The topological polar surface area (TPSA) is 63.2 Å². The van der Waals surface area contributed by atoms with Gasteiger partial charge in [0.1, 0.15) is 0 Å². The molecule has 106 valence electrons. The quantitative estimate of drug-likeness (QED) is 0.672. The molecule has 1 aromatic rings. The van der Waals surface area contributed by atoms with Gasteiger partial charge in [0.25, 0.3) is 15.0 Å². The zero-order chi connectivity index (χ0) is 14.6. The molecule has 0 radical (unpaired) electrons. The van der Waals surface area contributed by atoms with Crippen molar-refractivity contribution in [3.05, 3.63) is 28.8 Å².